The van der Waals surface area contributed by atoms with Gasteiger partial charge in [0.25, 0.3) is 0 Å². The standard InChI is InChI=1S/C19H24N2O4/c1-13(2)10-15(19(23)24)11-20-17(22)8-9-18-21-12-16(25-18)14-6-4-3-5-7-14/h3-7,12-13,15H,8-11H2,1-2H3,(H,20,22)(H,23,24). The number of oxazole rings is 1. The van der Waals surface area contributed by atoms with Gasteiger partial charge in [-0.05, 0) is 12.3 Å². The second-order valence-electron chi connectivity index (χ2n) is 6.45. The van der Waals surface area contributed by atoms with Gasteiger partial charge in [0.1, 0.15) is 0 Å². The molecule has 6 heteroatoms. The zero-order chi connectivity index (χ0) is 18.2. The Bertz CT molecular complexity index is 694. The third-order valence-electron chi connectivity index (χ3n) is 3.83. The number of nitrogens with zero attached hydrogens (tertiary/aromatic N) is 1. The summed E-state index contributed by atoms with van der Waals surface area (Å²) in [7, 11) is 0. The highest BCUT2D eigenvalue weighted by Crippen LogP contribution is 2.20. The molecule has 2 N–H and O–H groups in total. The molecule has 1 heterocycles. The number of hydrogen-bond acceptors (Lipinski definition) is 4. The van der Waals surface area contributed by atoms with E-state index in [1.165, 1.54) is 0 Å². The Balaban J connectivity index is 1.80. The first-order valence-electron chi connectivity index (χ1n) is 8.45. The summed E-state index contributed by atoms with van der Waals surface area (Å²) in [6, 6.07) is 9.62. The van der Waals surface area contributed by atoms with Gasteiger partial charge in [-0.3, -0.25) is 9.59 Å². The molecule has 1 aromatic carbocycles. The maximum absolute atomic E-state index is 11.9. The third-order valence-corrected chi connectivity index (χ3v) is 3.83. The van der Waals surface area contributed by atoms with Gasteiger partial charge in [0.05, 0.1) is 12.1 Å². The molecule has 1 aromatic heterocycles. The van der Waals surface area contributed by atoms with Crippen molar-refractivity contribution in [2.24, 2.45) is 11.8 Å². The van der Waals surface area contributed by atoms with Gasteiger partial charge in [0, 0.05) is 24.9 Å². The van der Waals surface area contributed by atoms with Crippen LogP contribution in [0.5, 0.6) is 0 Å². The molecule has 25 heavy (non-hydrogen) atoms. The fourth-order valence-electron chi connectivity index (χ4n) is 2.55. The maximum atomic E-state index is 11.9. The summed E-state index contributed by atoms with van der Waals surface area (Å²) in [6.45, 7) is 4.07. The van der Waals surface area contributed by atoms with Crippen molar-refractivity contribution in [3.8, 4) is 11.3 Å². The van der Waals surface area contributed by atoms with Crippen LogP contribution >= 0.6 is 0 Å². The average molecular weight is 344 g/mol. The fraction of sp³-hybridized carbons (Fsp3) is 0.421. The Morgan fingerprint density at radius 2 is 1.96 bits per heavy atom. The van der Waals surface area contributed by atoms with Gasteiger partial charge in [-0.15, -0.1) is 0 Å². The summed E-state index contributed by atoms with van der Waals surface area (Å²) in [4.78, 5) is 27.3. The van der Waals surface area contributed by atoms with E-state index in [0.717, 1.165) is 5.56 Å². The normalized spacial score (nSPS) is 12.1. The Kier molecular flexibility index (Phi) is 6.74. The van der Waals surface area contributed by atoms with E-state index in [0.29, 0.717) is 24.5 Å². The first-order chi connectivity index (χ1) is 12.0. The smallest absolute Gasteiger partial charge is 0.308 e. The number of carboxylic acid groups (broad SMARTS) is 1. The van der Waals surface area contributed by atoms with Crippen LogP contribution in [-0.2, 0) is 16.0 Å². The highest BCUT2D eigenvalue weighted by molar-refractivity contribution is 5.77. The number of nitrogens with one attached hydrogen (secondary N) is 1. The zero-order valence-corrected chi connectivity index (χ0v) is 14.6. The number of aliphatic carboxylic acids is 1. The lowest BCUT2D eigenvalue weighted by Gasteiger charge is -2.15. The minimum absolute atomic E-state index is 0.146. The molecule has 0 radical (unpaired) electrons. The molecule has 0 saturated heterocycles. The van der Waals surface area contributed by atoms with Crippen LogP contribution in [0.25, 0.3) is 11.3 Å². The lowest BCUT2D eigenvalue weighted by Crippen LogP contribution is -2.33. The van der Waals surface area contributed by atoms with E-state index >= 15 is 0 Å². The Morgan fingerprint density at radius 3 is 2.60 bits per heavy atom. The molecule has 6 nitrogen and oxygen atoms in total. The van der Waals surface area contributed by atoms with Crippen molar-refractivity contribution in [2.75, 3.05) is 6.54 Å². The van der Waals surface area contributed by atoms with Crippen molar-refractivity contribution in [3.05, 3.63) is 42.4 Å². The van der Waals surface area contributed by atoms with Gasteiger partial charge in [-0.2, -0.15) is 0 Å². The number of carbonyl (C=O) groups is 2. The van der Waals surface area contributed by atoms with E-state index in [9.17, 15) is 14.7 Å². The van der Waals surface area contributed by atoms with E-state index < -0.39 is 11.9 Å². The number of aromatic nitrogens is 1. The molecule has 134 valence electrons. The number of carboxylic acids is 1. The lowest BCUT2D eigenvalue weighted by atomic mass is 9.97. The summed E-state index contributed by atoms with van der Waals surface area (Å²) in [6.07, 6.45) is 2.77. The molecule has 0 spiro atoms. The topological polar surface area (TPSA) is 92.4 Å². The van der Waals surface area contributed by atoms with Gasteiger partial charge in [-0.1, -0.05) is 44.2 Å². The number of benzene rings is 1. The molecular weight excluding hydrogens is 320 g/mol. The first-order valence-corrected chi connectivity index (χ1v) is 8.45. The van der Waals surface area contributed by atoms with Crippen LogP contribution in [0.1, 0.15) is 32.6 Å². The summed E-state index contributed by atoms with van der Waals surface area (Å²) in [5.41, 5.74) is 0.934. The summed E-state index contributed by atoms with van der Waals surface area (Å²) >= 11 is 0. The molecule has 0 aliphatic carbocycles. The van der Waals surface area contributed by atoms with Gasteiger partial charge in [0.15, 0.2) is 11.7 Å². The number of hydrogen-bond donors (Lipinski definition) is 2. The molecule has 1 unspecified atom stereocenters. The largest absolute Gasteiger partial charge is 0.481 e. The molecule has 2 aromatic rings. The van der Waals surface area contributed by atoms with Crippen molar-refractivity contribution < 1.29 is 19.1 Å². The van der Waals surface area contributed by atoms with E-state index in [4.69, 9.17) is 4.42 Å². The summed E-state index contributed by atoms with van der Waals surface area (Å²) in [5.74, 6) is -0.217. The highest BCUT2D eigenvalue weighted by atomic mass is 16.4. The van der Waals surface area contributed by atoms with Crippen LogP contribution in [0.15, 0.2) is 40.9 Å². The van der Waals surface area contributed by atoms with Crippen LogP contribution in [0, 0.1) is 11.8 Å². The van der Waals surface area contributed by atoms with Gasteiger partial charge in [-0.25, -0.2) is 4.98 Å². The van der Waals surface area contributed by atoms with Crippen molar-refractivity contribution in [1.29, 1.82) is 0 Å². The molecule has 0 fully saturated rings. The molecule has 2 rings (SSSR count). The van der Waals surface area contributed by atoms with E-state index in [1.54, 1.807) is 6.20 Å². The quantitative estimate of drug-likeness (QED) is 0.729. The van der Waals surface area contributed by atoms with Gasteiger partial charge < -0.3 is 14.8 Å². The fourth-order valence-corrected chi connectivity index (χ4v) is 2.55. The Morgan fingerprint density at radius 1 is 1.24 bits per heavy atom. The SMILES string of the molecule is CC(C)CC(CNC(=O)CCc1ncc(-c2ccccc2)o1)C(=O)O. The molecule has 1 amide bonds. The second-order valence-corrected chi connectivity index (χ2v) is 6.45. The van der Waals surface area contributed by atoms with Crippen molar-refractivity contribution in [1.82, 2.24) is 10.3 Å². The second kappa shape index (κ2) is 9.01. The highest BCUT2D eigenvalue weighted by Gasteiger charge is 2.19. The van der Waals surface area contributed by atoms with Crippen molar-refractivity contribution >= 4 is 11.9 Å². The zero-order valence-electron chi connectivity index (χ0n) is 14.6. The molecule has 0 bridgehead atoms. The van der Waals surface area contributed by atoms with Crippen LogP contribution in [0.3, 0.4) is 0 Å². The monoisotopic (exact) mass is 344 g/mol. The van der Waals surface area contributed by atoms with Gasteiger partial charge in [0.2, 0.25) is 5.91 Å². The minimum Gasteiger partial charge on any atom is -0.481 e. The number of amides is 1. The van der Waals surface area contributed by atoms with Crippen LogP contribution in [-0.4, -0.2) is 28.5 Å². The number of aryl methyl sites for hydroxylation is 1. The van der Waals surface area contributed by atoms with Crippen molar-refractivity contribution in [3.63, 3.8) is 0 Å². The first kappa shape index (κ1) is 18.7. The van der Waals surface area contributed by atoms with Crippen LogP contribution in [0.2, 0.25) is 0 Å². The summed E-state index contributed by atoms with van der Waals surface area (Å²) in [5, 5.41) is 11.9. The number of rotatable bonds is 9. The summed E-state index contributed by atoms with van der Waals surface area (Å²) < 4.78 is 5.65. The van der Waals surface area contributed by atoms with Crippen molar-refractivity contribution in [2.45, 2.75) is 33.1 Å². The predicted octanol–water partition coefficient (Wildman–Crippen LogP) is 3.14. The molecule has 0 aliphatic rings. The Labute approximate surface area is 147 Å². The Hall–Kier alpha value is -2.63. The number of carbonyl (C=O) groups excluding carboxylic acids is 1. The van der Waals surface area contributed by atoms with Crippen LogP contribution in [0.4, 0.5) is 0 Å². The predicted molar refractivity (Wildman–Crippen MR) is 93.9 cm³/mol. The average Bonchev–Trinajstić information content (AvgIpc) is 3.06. The van der Waals surface area contributed by atoms with Gasteiger partial charge >= 0.3 is 5.97 Å². The lowest BCUT2D eigenvalue weighted by molar-refractivity contribution is -0.142. The molecular formula is C19H24N2O4. The third kappa shape index (κ3) is 6.06. The molecule has 0 saturated carbocycles. The molecule has 0 aliphatic heterocycles. The van der Waals surface area contributed by atoms with E-state index in [1.807, 2.05) is 44.2 Å². The van der Waals surface area contributed by atoms with E-state index in [2.05, 4.69) is 10.3 Å². The van der Waals surface area contributed by atoms with E-state index in [-0.39, 0.29) is 24.8 Å². The van der Waals surface area contributed by atoms with Crippen LogP contribution < -0.4 is 5.32 Å². The molecule has 1 atom stereocenters. The maximum Gasteiger partial charge on any atom is 0.308 e. The minimum atomic E-state index is -0.880.